The van der Waals surface area contributed by atoms with E-state index in [1.54, 1.807) is 6.20 Å². The van der Waals surface area contributed by atoms with Crippen molar-refractivity contribution in [3.63, 3.8) is 0 Å². The standard InChI is InChI=1S/C18H13F3N2O3/c1-26-16-7-11(6-12(10-24)17(16)25)13-8-22-23(9-13)15-4-2-14(3-5-15)18(19,20)21/h2-10,25H,1H3. The Morgan fingerprint density at radius 2 is 1.85 bits per heavy atom. The van der Waals surface area contributed by atoms with E-state index in [1.165, 1.54) is 42.3 Å². The molecule has 1 N–H and O–H groups in total. The van der Waals surface area contributed by atoms with Gasteiger partial charge in [0.15, 0.2) is 17.8 Å². The quantitative estimate of drug-likeness (QED) is 0.710. The Balaban J connectivity index is 1.97. The molecule has 26 heavy (non-hydrogen) atoms. The fourth-order valence-corrected chi connectivity index (χ4v) is 2.46. The third-order valence-electron chi connectivity index (χ3n) is 3.83. The summed E-state index contributed by atoms with van der Waals surface area (Å²) in [6.07, 6.45) is -0.801. The number of aromatic nitrogens is 2. The predicted molar refractivity (Wildman–Crippen MR) is 87.6 cm³/mol. The molecule has 3 rings (SSSR count). The molecule has 0 fully saturated rings. The van der Waals surface area contributed by atoms with Crippen LogP contribution in [-0.2, 0) is 6.18 Å². The lowest BCUT2D eigenvalue weighted by molar-refractivity contribution is -0.137. The van der Waals surface area contributed by atoms with Gasteiger partial charge in [-0.05, 0) is 42.0 Å². The Morgan fingerprint density at radius 3 is 2.42 bits per heavy atom. The first-order valence-electron chi connectivity index (χ1n) is 7.42. The summed E-state index contributed by atoms with van der Waals surface area (Å²) in [6, 6.07) is 7.59. The number of benzene rings is 2. The molecule has 0 saturated heterocycles. The van der Waals surface area contributed by atoms with Gasteiger partial charge in [0, 0.05) is 11.8 Å². The minimum atomic E-state index is -4.40. The fourth-order valence-electron chi connectivity index (χ4n) is 2.46. The molecule has 0 atom stereocenters. The van der Waals surface area contributed by atoms with E-state index >= 15 is 0 Å². The maximum Gasteiger partial charge on any atom is 0.416 e. The third kappa shape index (κ3) is 3.26. The van der Waals surface area contributed by atoms with E-state index in [9.17, 15) is 23.1 Å². The van der Waals surface area contributed by atoms with Crippen LogP contribution in [0.5, 0.6) is 11.5 Å². The largest absolute Gasteiger partial charge is 0.504 e. The van der Waals surface area contributed by atoms with Gasteiger partial charge in [-0.15, -0.1) is 0 Å². The van der Waals surface area contributed by atoms with Gasteiger partial charge in [0.25, 0.3) is 0 Å². The van der Waals surface area contributed by atoms with E-state index in [1.807, 2.05) is 0 Å². The number of hydrogen-bond acceptors (Lipinski definition) is 4. The van der Waals surface area contributed by atoms with Crippen LogP contribution in [0.3, 0.4) is 0 Å². The Kier molecular flexibility index (Phi) is 4.41. The van der Waals surface area contributed by atoms with Crippen molar-refractivity contribution in [2.24, 2.45) is 0 Å². The maximum absolute atomic E-state index is 12.6. The second-order valence-electron chi connectivity index (χ2n) is 5.45. The Hall–Kier alpha value is -3.29. The topological polar surface area (TPSA) is 64.4 Å². The first kappa shape index (κ1) is 17.5. The number of nitrogens with zero attached hydrogens (tertiary/aromatic N) is 2. The van der Waals surface area contributed by atoms with Gasteiger partial charge in [0.2, 0.25) is 0 Å². The Morgan fingerprint density at radius 1 is 1.15 bits per heavy atom. The number of methoxy groups -OCH3 is 1. The SMILES string of the molecule is COc1cc(-c2cnn(-c3ccc(C(F)(F)F)cc3)c2)cc(C=O)c1O. The van der Waals surface area contributed by atoms with Crippen molar-refractivity contribution in [1.29, 1.82) is 0 Å². The molecule has 0 saturated carbocycles. The van der Waals surface area contributed by atoms with Crippen molar-refractivity contribution in [2.45, 2.75) is 6.18 Å². The Labute approximate surface area is 146 Å². The number of phenols is 1. The number of ether oxygens (including phenoxy) is 1. The molecule has 1 heterocycles. The van der Waals surface area contributed by atoms with E-state index in [4.69, 9.17) is 4.74 Å². The second-order valence-corrected chi connectivity index (χ2v) is 5.45. The summed E-state index contributed by atoms with van der Waals surface area (Å²) >= 11 is 0. The molecule has 8 heteroatoms. The van der Waals surface area contributed by atoms with Crippen LogP contribution in [0.2, 0.25) is 0 Å². The van der Waals surface area contributed by atoms with Gasteiger partial charge < -0.3 is 9.84 Å². The zero-order chi connectivity index (χ0) is 18.9. The molecule has 0 unspecified atom stereocenters. The minimum absolute atomic E-state index is 0.0571. The van der Waals surface area contributed by atoms with Gasteiger partial charge in [0.05, 0.1) is 30.1 Å². The summed E-state index contributed by atoms with van der Waals surface area (Å²) < 4.78 is 44.4. The van der Waals surface area contributed by atoms with Crippen molar-refractivity contribution >= 4 is 6.29 Å². The molecule has 134 valence electrons. The van der Waals surface area contributed by atoms with E-state index in [2.05, 4.69) is 5.10 Å². The predicted octanol–water partition coefficient (Wildman–Crippen LogP) is 4.08. The van der Waals surface area contributed by atoms with Crippen LogP contribution in [-0.4, -0.2) is 28.3 Å². The average Bonchev–Trinajstić information content (AvgIpc) is 3.11. The molecule has 3 aromatic rings. The molecule has 0 aliphatic carbocycles. The normalized spacial score (nSPS) is 11.4. The van der Waals surface area contributed by atoms with Crippen molar-refractivity contribution in [1.82, 2.24) is 9.78 Å². The first-order valence-corrected chi connectivity index (χ1v) is 7.42. The molecule has 5 nitrogen and oxygen atoms in total. The number of aldehydes is 1. The third-order valence-corrected chi connectivity index (χ3v) is 3.83. The second kappa shape index (κ2) is 6.55. The highest BCUT2D eigenvalue weighted by Crippen LogP contribution is 2.35. The summed E-state index contributed by atoms with van der Waals surface area (Å²) in [6.45, 7) is 0. The Bertz CT molecular complexity index is 947. The number of carbonyl (C=O) groups is 1. The number of hydrogen-bond donors (Lipinski definition) is 1. The average molecular weight is 362 g/mol. The van der Waals surface area contributed by atoms with Crippen LogP contribution >= 0.6 is 0 Å². The van der Waals surface area contributed by atoms with Crippen LogP contribution in [0.1, 0.15) is 15.9 Å². The van der Waals surface area contributed by atoms with E-state index in [0.29, 0.717) is 23.1 Å². The molecular weight excluding hydrogens is 349 g/mol. The summed E-state index contributed by atoms with van der Waals surface area (Å²) in [5.41, 5.74) is 0.936. The molecule has 1 aromatic heterocycles. The summed E-state index contributed by atoms with van der Waals surface area (Å²) in [4.78, 5) is 11.1. The van der Waals surface area contributed by atoms with Crippen LogP contribution in [0.25, 0.3) is 16.8 Å². The van der Waals surface area contributed by atoms with Crippen LogP contribution in [0, 0.1) is 0 Å². The summed E-state index contributed by atoms with van der Waals surface area (Å²) in [5.74, 6) is -0.131. The zero-order valence-corrected chi connectivity index (χ0v) is 13.5. The van der Waals surface area contributed by atoms with E-state index < -0.39 is 11.7 Å². The van der Waals surface area contributed by atoms with Crippen molar-refractivity contribution in [2.75, 3.05) is 7.11 Å². The van der Waals surface area contributed by atoms with Gasteiger partial charge in [-0.2, -0.15) is 18.3 Å². The van der Waals surface area contributed by atoms with Crippen LogP contribution in [0.4, 0.5) is 13.2 Å². The summed E-state index contributed by atoms with van der Waals surface area (Å²) in [7, 11) is 1.36. The molecule has 0 radical (unpaired) electrons. The first-order chi connectivity index (χ1) is 12.3. The number of carbonyl (C=O) groups excluding carboxylic acids is 1. The lowest BCUT2D eigenvalue weighted by atomic mass is 10.0. The molecule has 0 spiro atoms. The monoisotopic (exact) mass is 362 g/mol. The highest BCUT2D eigenvalue weighted by Gasteiger charge is 2.30. The summed E-state index contributed by atoms with van der Waals surface area (Å²) in [5, 5.41) is 14.0. The number of alkyl halides is 3. The molecule has 0 aliphatic rings. The molecule has 0 aliphatic heterocycles. The van der Waals surface area contributed by atoms with Crippen molar-refractivity contribution < 1.29 is 27.8 Å². The van der Waals surface area contributed by atoms with Gasteiger partial charge in [-0.3, -0.25) is 4.79 Å². The van der Waals surface area contributed by atoms with Gasteiger partial charge in [-0.1, -0.05) is 0 Å². The number of phenolic OH excluding ortho intramolecular Hbond substituents is 1. The van der Waals surface area contributed by atoms with Crippen LogP contribution in [0.15, 0.2) is 48.8 Å². The lowest BCUT2D eigenvalue weighted by Gasteiger charge is -2.08. The van der Waals surface area contributed by atoms with Gasteiger partial charge >= 0.3 is 6.18 Å². The van der Waals surface area contributed by atoms with Crippen LogP contribution < -0.4 is 4.74 Å². The van der Waals surface area contributed by atoms with Gasteiger partial charge in [0.1, 0.15) is 0 Å². The molecular formula is C18H13F3N2O3. The van der Waals surface area contributed by atoms with Crippen molar-refractivity contribution in [3.8, 4) is 28.3 Å². The number of aromatic hydroxyl groups is 1. The molecule has 0 bridgehead atoms. The highest BCUT2D eigenvalue weighted by atomic mass is 19.4. The maximum atomic E-state index is 12.6. The van der Waals surface area contributed by atoms with Gasteiger partial charge in [-0.25, -0.2) is 4.68 Å². The fraction of sp³-hybridized carbons (Fsp3) is 0.111. The lowest BCUT2D eigenvalue weighted by Crippen LogP contribution is -2.05. The highest BCUT2D eigenvalue weighted by molar-refractivity contribution is 5.85. The van der Waals surface area contributed by atoms with E-state index in [0.717, 1.165) is 12.1 Å². The minimum Gasteiger partial charge on any atom is -0.504 e. The zero-order valence-electron chi connectivity index (χ0n) is 13.5. The number of rotatable bonds is 4. The van der Waals surface area contributed by atoms with Crippen molar-refractivity contribution in [3.05, 3.63) is 59.9 Å². The molecule has 0 amide bonds. The van der Waals surface area contributed by atoms with E-state index in [-0.39, 0.29) is 17.1 Å². The smallest absolute Gasteiger partial charge is 0.416 e. The number of halogens is 3. The molecule has 2 aromatic carbocycles.